The van der Waals surface area contributed by atoms with E-state index in [4.69, 9.17) is 22.1 Å². The highest BCUT2D eigenvalue weighted by Crippen LogP contribution is 2.27. The van der Waals surface area contributed by atoms with Gasteiger partial charge in [0.1, 0.15) is 0 Å². The number of rotatable bonds is 4. The molecule has 3 nitrogen and oxygen atoms in total. The first-order valence-corrected chi connectivity index (χ1v) is 6.38. The molecule has 1 atom stereocenters. The first kappa shape index (κ1) is 12.4. The number of hydrogen-bond acceptors (Lipinski definition) is 4. The number of hydrogen-bond donors (Lipinski definition) is 1. The molecule has 90 valence electrons. The predicted molar refractivity (Wildman–Crippen MR) is 70.8 cm³/mol. The zero-order valence-electron chi connectivity index (χ0n) is 9.39. The molecule has 2 aromatic heterocycles. The second-order valence-corrected chi connectivity index (χ2v) is 5.41. The fourth-order valence-electron chi connectivity index (χ4n) is 1.53. The molecule has 0 aliphatic heterocycles. The van der Waals surface area contributed by atoms with Gasteiger partial charge in [-0.15, -0.1) is 11.3 Å². The number of nitrogens with two attached hydrogens (primary N) is 1. The van der Waals surface area contributed by atoms with E-state index in [1.807, 2.05) is 24.3 Å². The lowest BCUT2D eigenvalue weighted by molar-refractivity contribution is 0.397. The minimum absolute atomic E-state index is 0.0392. The molecule has 0 saturated heterocycles. The monoisotopic (exact) mass is 268 g/mol. The third-order valence-electron chi connectivity index (χ3n) is 2.42. The molecule has 2 aromatic rings. The SMILES string of the molecule is COc1ccc(CC(N)c2ccc(Cl)s2)cn1. The molecule has 0 aliphatic rings. The van der Waals surface area contributed by atoms with Crippen molar-refractivity contribution < 1.29 is 4.74 Å². The smallest absolute Gasteiger partial charge is 0.212 e. The standard InChI is InChI=1S/C12H13ClN2OS/c1-16-12-5-2-8(7-15-12)6-9(14)10-3-4-11(13)17-10/h2-5,7,9H,6,14H2,1H3. The number of pyridine rings is 1. The van der Waals surface area contributed by atoms with E-state index in [0.717, 1.165) is 21.2 Å². The molecule has 2 heterocycles. The van der Waals surface area contributed by atoms with Crippen molar-refractivity contribution in [2.24, 2.45) is 5.73 Å². The maximum absolute atomic E-state index is 6.10. The fraction of sp³-hybridized carbons (Fsp3) is 0.250. The van der Waals surface area contributed by atoms with Gasteiger partial charge in [-0.1, -0.05) is 17.7 Å². The molecule has 17 heavy (non-hydrogen) atoms. The van der Waals surface area contributed by atoms with Gasteiger partial charge in [0.05, 0.1) is 11.4 Å². The lowest BCUT2D eigenvalue weighted by atomic mass is 10.1. The summed E-state index contributed by atoms with van der Waals surface area (Å²) >= 11 is 7.40. The van der Waals surface area contributed by atoms with E-state index in [1.54, 1.807) is 13.3 Å². The number of aromatic nitrogens is 1. The minimum Gasteiger partial charge on any atom is -0.481 e. The van der Waals surface area contributed by atoms with Crippen LogP contribution in [0.2, 0.25) is 4.34 Å². The second-order valence-electron chi connectivity index (χ2n) is 3.66. The topological polar surface area (TPSA) is 48.1 Å². The summed E-state index contributed by atoms with van der Waals surface area (Å²) in [6.07, 6.45) is 2.53. The summed E-state index contributed by atoms with van der Waals surface area (Å²) in [4.78, 5) is 5.24. The molecule has 1 unspecified atom stereocenters. The van der Waals surface area contributed by atoms with Gasteiger partial charge < -0.3 is 10.5 Å². The van der Waals surface area contributed by atoms with Crippen molar-refractivity contribution >= 4 is 22.9 Å². The van der Waals surface area contributed by atoms with Crippen molar-refractivity contribution in [1.29, 1.82) is 0 Å². The summed E-state index contributed by atoms with van der Waals surface area (Å²) in [6.45, 7) is 0. The Morgan fingerprint density at radius 3 is 2.76 bits per heavy atom. The quantitative estimate of drug-likeness (QED) is 0.927. The van der Waals surface area contributed by atoms with Crippen LogP contribution in [0.4, 0.5) is 0 Å². The Balaban J connectivity index is 2.04. The van der Waals surface area contributed by atoms with Crippen LogP contribution in [0.25, 0.3) is 0 Å². The van der Waals surface area contributed by atoms with Crippen LogP contribution in [0.3, 0.4) is 0 Å². The Hall–Kier alpha value is -1.10. The van der Waals surface area contributed by atoms with E-state index >= 15 is 0 Å². The molecule has 0 aliphatic carbocycles. The van der Waals surface area contributed by atoms with Crippen LogP contribution in [0.1, 0.15) is 16.5 Å². The lowest BCUT2D eigenvalue weighted by Crippen LogP contribution is -2.11. The maximum Gasteiger partial charge on any atom is 0.212 e. The number of methoxy groups -OCH3 is 1. The lowest BCUT2D eigenvalue weighted by Gasteiger charge is -2.09. The molecule has 0 radical (unpaired) electrons. The summed E-state index contributed by atoms with van der Waals surface area (Å²) in [5, 5.41) is 0. The van der Waals surface area contributed by atoms with Crippen molar-refractivity contribution in [1.82, 2.24) is 4.98 Å². The summed E-state index contributed by atoms with van der Waals surface area (Å²) in [5.41, 5.74) is 7.19. The molecule has 0 fully saturated rings. The van der Waals surface area contributed by atoms with Gasteiger partial charge >= 0.3 is 0 Å². The zero-order chi connectivity index (χ0) is 12.3. The van der Waals surface area contributed by atoms with Gasteiger partial charge in [-0.05, 0) is 24.1 Å². The van der Waals surface area contributed by atoms with Crippen molar-refractivity contribution in [2.75, 3.05) is 7.11 Å². The number of thiophene rings is 1. The largest absolute Gasteiger partial charge is 0.481 e. The van der Waals surface area contributed by atoms with Crippen molar-refractivity contribution in [2.45, 2.75) is 12.5 Å². The van der Waals surface area contributed by atoms with E-state index in [1.165, 1.54) is 11.3 Å². The summed E-state index contributed by atoms with van der Waals surface area (Å²) < 4.78 is 5.77. The van der Waals surface area contributed by atoms with Gasteiger partial charge in [-0.25, -0.2) is 4.98 Å². The van der Waals surface area contributed by atoms with Crippen LogP contribution in [0, 0.1) is 0 Å². The molecule has 0 amide bonds. The maximum atomic E-state index is 6.10. The van der Waals surface area contributed by atoms with Crippen LogP contribution < -0.4 is 10.5 Å². The first-order chi connectivity index (χ1) is 8.19. The third-order valence-corrected chi connectivity index (χ3v) is 3.78. The number of halogens is 1. The van der Waals surface area contributed by atoms with E-state index in [0.29, 0.717) is 5.88 Å². The molecule has 0 spiro atoms. The zero-order valence-corrected chi connectivity index (χ0v) is 11.0. The highest BCUT2D eigenvalue weighted by atomic mass is 35.5. The van der Waals surface area contributed by atoms with Crippen LogP contribution >= 0.6 is 22.9 Å². The molecule has 2 N–H and O–H groups in total. The molecular weight excluding hydrogens is 256 g/mol. The molecule has 5 heteroatoms. The van der Waals surface area contributed by atoms with E-state index in [2.05, 4.69) is 4.98 Å². The minimum atomic E-state index is -0.0392. The second kappa shape index (κ2) is 5.49. The Bertz CT molecular complexity index is 484. The fourth-order valence-corrected chi connectivity index (χ4v) is 2.60. The van der Waals surface area contributed by atoms with Gasteiger partial charge in [0.15, 0.2) is 0 Å². The van der Waals surface area contributed by atoms with Crippen molar-refractivity contribution in [3.63, 3.8) is 0 Å². The van der Waals surface area contributed by atoms with Crippen molar-refractivity contribution in [3.05, 3.63) is 45.2 Å². The summed E-state index contributed by atoms with van der Waals surface area (Å²) in [6, 6.07) is 7.61. The summed E-state index contributed by atoms with van der Waals surface area (Å²) in [5.74, 6) is 0.612. The van der Waals surface area contributed by atoms with Gasteiger partial charge in [-0.2, -0.15) is 0 Å². The molecule has 0 aromatic carbocycles. The predicted octanol–water partition coefficient (Wildman–Crippen LogP) is 3.05. The van der Waals surface area contributed by atoms with Gasteiger partial charge in [0.25, 0.3) is 0 Å². The normalized spacial score (nSPS) is 12.4. The van der Waals surface area contributed by atoms with E-state index < -0.39 is 0 Å². The summed E-state index contributed by atoms with van der Waals surface area (Å²) in [7, 11) is 1.60. The molecular formula is C12H13ClN2OS. The first-order valence-electron chi connectivity index (χ1n) is 5.19. The Kier molecular flexibility index (Phi) is 3.99. The van der Waals surface area contributed by atoms with Gasteiger partial charge in [0.2, 0.25) is 5.88 Å². The van der Waals surface area contributed by atoms with E-state index in [-0.39, 0.29) is 6.04 Å². The van der Waals surface area contributed by atoms with Crippen molar-refractivity contribution in [3.8, 4) is 5.88 Å². The van der Waals surface area contributed by atoms with Crippen LogP contribution in [0.15, 0.2) is 30.5 Å². The number of ether oxygens (including phenoxy) is 1. The number of nitrogens with zero attached hydrogens (tertiary/aromatic N) is 1. The van der Waals surface area contributed by atoms with Crippen LogP contribution in [-0.2, 0) is 6.42 Å². The van der Waals surface area contributed by atoms with E-state index in [9.17, 15) is 0 Å². The average Bonchev–Trinajstić information content (AvgIpc) is 2.77. The Morgan fingerprint density at radius 1 is 1.41 bits per heavy atom. The molecule has 2 rings (SSSR count). The van der Waals surface area contributed by atoms with Gasteiger partial charge in [0, 0.05) is 23.2 Å². The highest BCUT2D eigenvalue weighted by molar-refractivity contribution is 7.16. The third kappa shape index (κ3) is 3.19. The average molecular weight is 269 g/mol. The highest BCUT2D eigenvalue weighted by Gasteiger charge is 2.10. The Morgan fingerprint density at radius 2 is 2.24 bits per heavy atom. The van der Waals surface area contributed by atoms with Crippen LogP contribution in [-0.4, -0.2) is 12.1 Å². The van der Waals surface area contributed by atoms with Crippen LogP contribution in [0.5, 0.6) is 5.88 Å². The molecule has 0 saturated carbocycles. The van der Waals surface area contributed by atoms with Gasteiger partial charge in [-0.3, -0.25) is 0 Å². The molecule has 0 bridgehead atoms. The Labute approximate surface area is 109 Å².